The zero-order valence-electron chi connectivity index (χ0n) is 18.3. The van der Waals surface area contributed by atoms with Crippen molar-refractivity contribution in [2.45, 2.75) is 26.3 Å². The summed E-state index contributed by atoms with van der Waals surface area (Å²) in [5.74, 6) is 1.03. The number of nitrogens with two attached hydrogens (primary N) is 1. The molecule has 0 spiro atoms. The smallest absolute Gasteiger partial charge is 0.250 e. The van der Waals surface area contributed by atoms with E-state index in [0.717, 1.165) is 53.4 Å². The van der Waals surface area contributed by atoms with Crippen LogP contribution in [-0.2, 0) is 13.0 Å². The normalized spacial score (nSPS) is 13.2. The number of rotatable bonds is 5. The van der Waals surface area contributed by atoms with Gasteiger partial charge in [-0.2, -0.15) is 0 Å². The van der Waals surface area contributed by atoms with Crippen LogP contribution in [0.5, 0.6) is 0 Å². The standard InChI is InChI=1S/C25H26N6O/c1-16-14-20-18(23(26)32)10-6-13-31(20)21(16)25-28-19-11-7-12-30(2)22(19)24(29-25)27-15-17-8-4-3-5-9-17/h3-6,8-10,13-14H,7,11-12,15H2,1-2H3,(H2,26,32)(H,27,28,29). The number of anilines is 2. The first-order valence-corrected chi connectivity index (χ1v) is 10.8. The van der Waals surface area contributed by atoms with Gasteiger partial charge in [0.25, 0.3) is 5.91 Å². The van der Waals surface area contributed by atoms with E-state index in [1.54, 1.807) is 6.07 Å². The molecule has 0 saturated heterocycles. The number of fused-ring (bicyclic) bond motifs is 2. The molecule has 0 saturated carbocycles. The maximum atomic E-state index is 11.9. The fraction of sp³-hybridized carbons (Fsp3) is 0.240. The van der Waals surface area contributed by atoms with Gasteiger partial charge >= 0.3 is 0 Å². The average molecular weight is 427 g/mol. The Morgan fingerprint density at radius 2 is 1.97 bits per heavy atom. The lowest BCUT2D eigenvalue weighted by molar-refractivity contribution is 0.100. The molecule has 3 aromatic heterocycles. The summed E-state index contributed by atoms with van der Waals surface area (Å²) < 4.78 is 1.96. The van der Waals surface area contributed by atoms with Gasteiger partial charge in [-0.05, 0) is 49.1 Å². The van der Waals surface area contributed by atoms with Gasteiger partial charge in [-0.15, -0.1) is 0 Å². The van der Waals surface area contributed by atoms with Crippen LogP contribution < -0.4 is 16.0 Å². The van der Waals surface area contributed by atoms with E-state index in [1.165, 1.54) is 5.56 Å². The van der Waals surface area contributed by atoms with Crippen molar-refractivity contribution < 1.29 is 4.79 Å². The molecule has 7 nitrogen and oxygen atoms in total. The summed E-state index contributed by atoms with van der Waals surface area (Å²) in [6, 6.07) is 15.8. The Kier molecular flexibility index (Phi) is 5.01. The molecule has 4 heterocycles. The Morgan fingerprint density at radius 3 is 2.75 bits per heavy atom. The van der Waals surface area contributed by atoms with Crippen LogP contribution in [0.3, 0.4) is 0 Å². The van der Waals surface area contributed by atoms with E-state index in [1.807, 2.05) is 47.9 Å². The molecular formula is C25H26N6O. The van der Waals surface area contributed by atoms with Gasteiger partial charge in [-0.1, -0.05) is 30.3 Å². The topological polar surface area (TPSA) is 88.5 Å². The molecule has 0 unspecified atom stereocenters. The highest BCUT2D eigenvalue weighted by Crippen LogP contribution is 2.35. The summed E-state index contributed by atoms with van der Waals surface area (Å²) in [4.78, 5) is 24.1. The third kappa shape index (κ3) is 3.45. The largest absolute Gasteiger partial charge is 0.370 e. The predicted octanol–water partition coefficient (Wildman–Crippen LogP) is 3.80. The molecule has 0 radical (unpaired) electrons. The van der Waals surface area contributed by atoms with E-state index in [4.69, 9.17) is 15.7 Å². The van der Waals surface area contributed by atoms with Gasteiger partial charge in [0.15, 0.2) is 11.6 Å². The number of primary amides is 1. The Hall–Kier alpha value is -3.87. The summed E-state index contributed by atoms with van der Waals surface area (Å²) in [6.07, 6.45) is 3.89. The van der Waals surface area contributed by atoms with Crippen LogP contribution in [0.25, 0.3) is 17.0 Å². The summed E-state index contributed by atoms with van der Waals surface area (Å²) in [5, 5.41) is 3.54. The van der Waals surface area contributed by atoms with Crippen LogP contribution in [0, 0.1) is 6.92 Å². The monoisotopic (exact) mass is 426 g/mol. The Balaban J connectivity index is 1.65. The Labute approximate surface area is 186 Å². The molecule has 3 N–H and O–H groups in total. The molecule has 1 aromatic carbocycles. The number of benzene rings is 1. The van der Waals surface area contributed by atoms with Gasteiger partial charge in [0.2, 0.25) is 0 Å². The van der Waals surface area contributed by atoms with Gasteiger partial charge < -0.3 is 20.4 Å². The van der Waals surface area contributed by atoms with Crippen molar-refractivity contribution in [1.29, 1.82) is 0 Å². The quantitative estimate of drug-likeness (QED) is 0.507. The number of hydrogen-bond donors (Lipinski definition) is 2. The molecule has 7 heteroatoms. The summed E-state index contributed by atoms with van der Waals surface area (Å²) in [7, 11) is 2.09. The van der Waals surface area contributed by atoms with Gasteiger partial charge in [-0.25, -0.2) is 9.97 Å². The highest BCUT2D eigenvalue weighted by atomic mass is 16.1. The van der Waals surface area contributed by atoms with E-state index in [9.17, 15) is 4.79 Å². The number of hydrogen-bond acceptors (Lipinski definition) is 5. The Bertz CT molecular complexity index is 1310. The van der Waals surface area contributed by atoms with E-state index < -0.39 is 5.91 Å². The zero-order chi connectivity index (χ0) is 22.2. The lowest BCUT2D eigenvalue weighted by Crippen LogP contribution is -2.27. The molecule has 1 amide bonds. The van der Waals surface area contributed by atoms with Crippen LogP contribution in [-0.4, -0.2) is 33.9 Å². The van der Waals surface area contributed by atoms with Crippen LogP contribution in [0.1, 0.15) is 33.6 Å². The van der Waals surface area contributed by atoms with Crippen molar-refractivity contribution in [3.05, 3.63) is 77.1 Å². The van der Waals surface area contributed by atoms with Crippen molar-refractivity contribution in [2.75, 3.05) is 23.8 Å². The highest BCUT2D eigenvalue weighted by molar-refractivity contribution is 6.00. The van der Waals surface area contributed by atoms with Crippen LogP contribution in [0.2, 0.25) is 0 Å². The fourth-order valence-electron chi connectivity index (χ4n) is 4.50. The maximum absolute atomic E-state index is 11.9. The molecule has 4 aromatic rings. The minimum Gasteiger partial charge on any atom is -0.370 e. The summed E-state index contributed by atoms with van der Waals surface area (Å²) in [5.41, 5.74) is 12.0. The number of nitrogens with one attached hydrogen (secondary N) is 1. The maximum Gasteiger partial charge on any atom is 0.250 e. The van der Waals surface area contributed by atoms with Crippen molar-refractivity contribution in [3.8, 4) is 11.5 Å². The number of aromatic nitrogens is 3. The number of amides is 1. The molecular weight excluding hydrogens is 400 g/mol. The van der Waals surface area contributed by atoms with Crippen molar-refractivity contribution in [1.82, 2.24) is 14.4 Å². The SMILES string of the molecule is Cc1cc2c(C(N)=O)cccn2c1-c1nc2c(c(NCc3ccccc3)n1)N(C)CCC2. The molecule has 32 heavy (non-hydrogen) atoms. The molecule has 1 aliphatic heterocycles. The molecule has 0 bridgehead atoms. The number of nitrogens with zero attached hydrogens (tertiary/aromatic N) is 4. The van der Waals surface area contributed by atoms with E-state index in [2.05, 4.69) is 29.4 Å². The third-order valence-electron chi connectivity index (χ3n) is 6.03. The van der Waals surface area contributed by atoms with Crippen molar-refractivity contribution in [3.63, 3.8) is 0 Å². The lowest BCUT2D eigenvalue weighted by Gasteiger charge is -2.29. The molecule has 162 valence electrons. The third-order valence-corrected chi connectivity index (χ3v) is 6.03. The first-order chi connectivity index (χ1) is 15.5. The molecule has 5 rings (SSSR count). The number of carbonyl (C=O) groups excluding carboxylic acids is 1. The van der Waals surface area contributed by atoms with E-state index >= 15 is 0 Å². The van der Waals surface area contributed by atoms with Gasteiger partial charge in [0, 0.05) is 26.3 Å². The molecule has 0 atom stereocenters. The minimum absolute atomic E-state index is 0.446. The lowest BCUT2D eigenvalue weighted by atomic mass is 10.1. The first kappa shape index (κ1) is 20.1. The summed E-state index contributed by atoms with van der Waals surface area (Å²) in [6.45, 7) is 3.67. The average Bonchev–Trinajstić information content (AvgIpc) is 3.13. The minimum atomic E-state index is -0.446. The number of aryl methyl sites for hydroxylation is 2. The van der Waals surface area contributed by atoms with Gasteiger partial charge in [0.1, 0.15) is 5.69 Å². The zero-order valence-corrected chi connectivity index (χ0v) is 18.3. The van der Waals surface area contributed by atoms with Crippen LogP contribution in [0.4, 0.5) is 11.5 Å². The second kappa shape index (κ2) is 8.00. The fourth-order valence-corrected chi connectivity index (χ4v) is 4.50. The highest BCUT2D eigenvalue weighted by Gasteiger charge is 2.24. The van der Waals surface area contributed by atoms with Crippen LogP contribution >= 0.6 is 0 Å². The second-order valence-electron chi connectivity index (χ2n) is 8.27. The van der Waals surface area contributed by atoms with E-state index in [0.29, 0.717) is 17.9 Å². The first-order valence-electron chi connectivity index (χ1n) is 10.8. The van der Waals surface area contributed by atoms with Crippen molar-refractivity contribution in [2.24, 2.45) is 5.73 Å². The molecule has 0 aliphatic carbocycles. The van der Waals surface area contributed by atoms with E-state index in [-0.39, 0.29) is 0 Å². The van der Waals surface area contributed by atoms with Gasteiger partial charge in [0.05, 0.1) is 22.5 Å². The molecule has 1 aliphatic rings. The predicted molar refractivity (Wildman–Crippen MR) is 127 cm³/mol. The number of pyridine rings is 1. The Morgan fingerprint density at radius 1 is 1.16 bits per heavy atom. The van der Waals surface area contributed by atoms with Gasteiger partial charge in [-0.3, -0.25) is 4.79 Å². The molecule has 0 fully saturated rings. The second-order valence-corrected chi connectivity index (χ2v) is 8.27. The van der Waals surface area contributed by atoms with Crippen molar-refractivity contribution >= 4 is 22.9 Å². The number of carbonyl (C=O) groups is 1. The summed E-state index contributed by atoms with van der Waals surface area (Å²) >= 11 is 0. The van der Waals surface area contributed by atoms with Crippen LogP contribution in [0.15, 0.2) is 54.7 Å².